The summed E-state index contributed by atoms with van der Waals surface area (Å²) in [7, 11) is 1.85. The molecule has 1 aromatic rings. The zero-order valence-electron chi connectivity index (χ0n) is 22.9. The molecule has 0 radical (unpaired) electrons. The molecule has 0 saturated heterocycles. The molecule has 0 heterocycles. The number of thioether (sulfide) groups is 1. The number of benzene rings is 1. The van der Waals surface area contributed by atoms with Crippen LogP contribution in [0.3, 0.4) is 0 Å². The molecule has 0 aliphatic rings. The third-order valence-electron chi connectivity index (χ3n) is 5.05. The first-order chi connectivity index (χ1) is 17.6. The Kier molecular flexibility index (Phi) is 20.1. The summed E-state index contributed by atoms with van der Waals surface area (Å²) in [5.74, 6) is 2.41. The van der Waals surface area contributed by atoms with Crippen molar-refractivity contribution in [3.63, 3.8) is 0 Å². The number of esters is 2. The van der Waals surface area contributed by atoms with Crippen molar-refractivity contribution in [2.75, 3.05) is 53.0 Å². The number of carbonyl (C=O) groups is 2. The van der Waals surface area contributed by atoms with Crippen molar-refractivity contribution in [3.8, 4) is 5.75 Å². The number of ether oxygens (including phenoxy) is 3. The van der Waals surface area contributed by atoms with Crippen molar-refractivity contribution in [3.05, 3.63) is 29.8 Å². The van der Waals surface area contributed by atoms with Gasteiger partial charge in [0.2, 0.25) is 0 Å². The first kappa shape index (κ1) is 35.1. The fourth-order valence-corrected chi connectivity index (χ4v) is 4.49. The van der Waals surface area contributed by atoms with E-state index in [9.17, 15) is 18.0 Å². The smallest absolute Gasteiger partial charge is 0.305 e. The summed E-state index contributed by atoms with van der Waals surface area (Å²) in [5.41, 5.74) is 1.28. The number of hydrogen-bond acceptors (Lipinski definition) is 11. The minimum absolute atomic E-state index is 0.0226. The maximum atomic E-state index is 11.4. The number of hydrogen-bond donors (Lipinski definition) is 2. The number of likely N-dealkylation sites (N-methyl/N-ethyl adjacent to an activating group) is 1. The van der Waals surface area contributed by atoms with E-state index in [1.165, 1.54) is 5.56 Å². The van der Waals surface area contributed by atoms with Crippen LogP contribution in [0.15, 0.2) is 24.3 Å². The molecule has 37 heavy (non-hydrogen) atoms. The number of rotatable bonds is 18. The van der Waals surface area contributed by atoms with Crippen molar-refractivity contribution in [2.45, 2.75) is 57.4 Å². The maximum absolute atomic E-state index is 11.4. The molecule has 0 aliphatic heterocycles. The minimum atomic E-state index is -3.43. The molecule has 0 aliphatic carbocycles. The van der Waals surface area contributed by atoms with E-state index < -0.39 is 10.1 Å². The molecule has 1 rings (SSSR count). The van der Waals surface area contributed by atoms with Crippen LogP contribution in [-0.2, 0) is 39.1 Å². The molecule has 2 N–H and O–H groups in total. The quantitative estimate of drug-likeness (QED) is 0.202. The molecule has 12 heteroatoms. The highest BCUT2D eigenvalue weighted by Crippen LogP contribution is 2.18. The van der Waals surface area contributed by atoms with Gasteiger partial charge in [-0.15, -0.1) is 0 Å². The van der Waals surface area contributed by atoms with Crippen molar-refractivity contribution < 1.29 is 36.4 Å². The van der Waals surface area contributed by atoms with E-state index in [2.05, 4.69) is 26.9 Å². The molecule has 0 fully saturated rings. The molecule has 1 aromatic carbocycles. The van der Waals surface area contributed by atoms with Crippen LogP contribution >= 0.6 is 11.8 Å². The Morgan fingerprint density at radius 2 is 1.43 bits per heavy atom. The van der Waals surface area contributed by atoms with Crippen LogP contribution in [0.2, 0.25) is 0 Å². The van der Waals surface area contributed by atoms with Crippen LogP contribution in [0.4, 0.5) is 0 Å². The standard InChI is InChI=1S/C16H25NO3S.C9H19NO5S/c1-4-20-16(18)10-7-14(17-2)12-21-11-13-5-8-15(19-3)9-6-13;1-4-14-9(11)6-5-8(10-2)7-15-16(3,12)13/h5-6,8-9,14,17H,4,7,10-12H2,1-3H3;8,10H,4-7H2,1-3H3/t14-;8-/m11/s1. The van der Waals surface area contributed by atoms with E-state index in [-0.39, 0.29) is 31.0 Å². The van der Waals surface area contributed by atoms with Crippen molar-refractivity contribution in [2.24, 2.45) is 0 Å². The lowest BCUT2D eigenvalue weighted by atomic mass is 10.2. The number of carbonyl (C=O) groups excluding carboxylic acids is 2. The highest BCUT2D eigenvalue weighted by atomic mass is 32.2. The third kappa shape index (κ3) is 19.9. The second kappa shape index (κ2) is 21.1. The molecule has 10 nitrogen and oxygen atoms in total. The van der Waals surface area contributed by atoms with Crippen LogP contribution in [0.25, 0.3) is 0 Å². The summed E-state index contributed by atoms with van der Waals surface area (Å²) < 4.78 is 41.0. The summed E-state index contributed by atoms with van der Waals surface area (Å²) in [4.78, 5) is 22.4. The Hall–Kier alpha value is -1.86. The van der Waals surface area contributed by atoms with Gasteiger partial charge in [-0.1, -0.05) is 12.1 Å². The zero-order chi connectivity index (χ0) is 28.1. The molecular formula is C25H44N2O8S2. The molecule has 0 bridgehead atoms. The number of nitrogens with one attached hydrogen (secondary N) is 2. The molecular weight excluding hydrogens is 520 g/mol. The van der Waals surface area contributed by atoms with Gasteiger partial charge in [-0.25, -0.2) is 0 Å². The van der Waals surface area contributed by atoms with Gasteiger partial charge in [0.25, 0.3) is 10.1 Å². The van der Waals surface area contributed by atoms with Crippen molar-refractivity contribution in [1.82, 2.24) is 10.6 Å². The average molecular weight is 565 g/mol. The molecule has 214 valence electrons. The van der Waals surface area contributed by atoms with Gasteiger partial charge in [-0.3, -0.25) is 13.8 Å². The lowest BCUT2D eigenvalue weighted by molar-refractivity contribution is -0.144. The summed E-state index contributed by atoms with van der Waals surface area (Å²) in [6, 6.07) is 8.27. The van der Waals surface area contributed by atoms with Gasteiger partial charge in [-0.2, -0.15) is 20.2 Å². The van der Waals surface area contributed by atoms with E-state index in [0.29, 0.717) is 32.1 Å². The fraction of sp³-hybridized carbons (Fsp3) is 0.680. The van der Waals surface area contributed by atoms with Crippen LogP contribution < -0.4 is 15.4 Å². The van der Waals surface area contributed by atoms with E-state index in [4.69, 9.17) is 14.2 Å². The van der Waals surface area contributed by atoms with Gasteiger partial charge in [0.15, 0.2) is 0 Å². The van der Waals surface area contributed by atoms with Gasteiger partial charge in [0.05, 0.1) is 33.2 Å². The normalized spacial score (nSPS) is 12.6. The monoisotopic (exact) mass is 564 g/mol. The van der Waals surface area contributed by atoms with E-state index in [1.54, 1.807) is 21.1 Å². The zero-order valence-corrected chi connectivity index (χ0v) is 24.5. The Morgan fingerprint density at radius 1 is 0.919 bits per heavy atom. The SMILES string of the molecule is CCOC(=O)CC[C@H](COS(C)(=O)=O)NC.CCOC(=O)CC[C@H](CSCc1ccc(OC)cc1)NC. The summed E-state index contributed by atoms with van der Waals surface area (Å²) in [5, 5.41) is 6.13. The van der Waals surface area contributed by atoms with Crippen molar-refractivity contribution >= 4 is 33.8 Å². The molecule has 0 unspecified atom stereocenters. The van der Waals surface area contributed by atoms with E-state index >= 15 is 0 Å². The Morgan fingerprint density at radius 3 is 1.86 bits per heavy atom. The molecule has 0 saturated carbocycles. The van der Waals surface area contributed by atoms with Crippen LogP contribution in [-0.4, -0.2) is 85.5 Å². The van der Waals surface area contributed by atoms with Gasteiger partial charge in [0.1, 0.15) is 5.75 Å². The van der Waals surface area contributed by atoms with Gasteiger partial charge < -0.3 is 24.8 Å². The molecule has 0 spiro atoms. The Bertz CT molecular complexity index is 851. The maximum Gasteiger partial charge on any atom is 0.305 e. The predicted molar refractivity (Wildman–Crippen MR) is 147 cm³/mol. The molecule has 2 atom stereocenters. The minimum Gasteiger partial charge on any atom is -0.497 e. The van der Waals surface area contributed by atoms with E-state index in [0.717, 1.165) is 29.9 Å². The average Bonchev–Trinajstić information content (AvgIpc) is 2.86. The Balaban J connectivity index is 0.000000730. The van der Waals surface area contributed by atoms with Crippen LogP contribution in [0, 0.1) is 0 Å². The highest BCUT2D eigenvalue weighted by Gasteiger charge is 2.13. The second-order valence-electron chi connectivity index (χ2n) is 8.01. The van der Waals surface area contributed by atoms with Gasteiger partial charge >= 0.3 is 11.9 Å². The van der Waals surface area contributed by atoms with Gasteiger partial charge in [0, 0.05) is 36.4 Å². The lowest BCUT2D eigenvalue weighted by Crippen LogP contribution is -2.32. The predicted octanol–water partition coefficient (Wildman–Crippen LogP) is 2.75. The van der Waals surface area contributed by atoms with Crippen LogP contribution in [0.5, 0.6) is 5.75 Å². The van der Waals surface area contributed by atoms with Crippen LogP contribution in [0.1, 0.15) is 45.1 Å². The second-order valence-corrected chi connectivity index (χ2v) is 10.7. The first-order valence-electron chi connectivity index (χ1n) is 12.3. The first-order valence-corrected chi connectivity index (χ1v) is 15.3. The third-order valence-corrected chi connectivity index (χ3v) is 6.79. The summed E-state index contributed by atoms with van der Waals surface area (Å²) >= 11 is 1.86. The van der Waals surface area contributed by atoms with E-state index in [1.807, 2.05) is 37.9 Å². The fourth-order valence-electron chi connectivity index (χ4n) is 2.92. The highest BCUT2D eigenvalue weighted by molar-refractivity contribution is 7.98. The lowest BCUT2D eigenvalue weighted by Gasteiger charge is -2.15. The summed E-state index contributed by atoms with van der Waals surface area (Å²) in [6.07, 6.45) is 3.00. The topological polar surface area (TPSA) is 129 Å². The number of methoxy groups -OCH3 is 1. The molecule has 0 amide bonds. The molecule has 0 aromatic heterocycles. The largest absolute Gasteiger partial charge is 0.497 e. The van der Waals surface area contributed by atoms with Gasteiger partial charge in [-0.05, 0) is 58.5 Å². The van der Waals surface area contributed by atoms with Crippen molar-refractivity contribution in [1.29, 1.82) is 0 Å². The Labute approximate surface area is 226 Å². The summed E-state index contributed by atoms with van der Waals surface area (Å²) in [6.45, 7) is 4.39.